The quantitative estimate of drug-likeness (QED) is 0.427. The van der Waals surface area contributed by atoms with Crippen LogP contribution in [-0.4, -0.2) is 6.08 Å². The van der Waals surface area contributed by atoms with E-state index in [2.05, 4.69) is 4.99 Å². The molecular formula is C9H5F4NO. The Hall–Kier alpha value is -1.68. The van der Waals surface area contributed by atoms with Gasteiger partial charge in [-0.25, -0.2) is 14.2 Å². The summed E-state index contributed by atoms with van der Waals surface area (Å²) in [6, 6.07) is 2.05. The van der Waals surface area contributed by atoms with Crippen molar-refractivity contribution in [3.63, 3.8) is 0 Å². The lowest BCUT2D eigenvalue weighted by molar-refractivity contribution is -0.137. The lowest BCUT2D eigenvalue weighted by Crippen LogP contribution is -2.06. The Bertz CT molecular complexity index is 407. The van der Waals surface area contributed by atoms with Gasteiger partial charge in [0.15, 0.2) is 0 Å². The van der Waals surface area contributed by atoms with Crippen molar-refractivity contribution in [3.8, 4) is 0 Å². The van der Waals surface area contributed by atoms with Gasteiger partial charge in [0, 0.05) is 5.56 Å². The van der Waals surface area contributed by atoms with Gasteiger partial charge in [-0.05, 0) is 12.1 Å². The molecule has 0 unspecified atom stereocenters. The van der Waals surface area contributed by atoms with Crippen LogP contribution in [0.5, 0.6) is 0 Å². The predicted molar refractivity (Wildman–Crippen MR) is 43.2 cm³/mol. The first-order valence-electron chi connectivity index (χ1n) is 3.84. The Morgan fingerprint density at radius 3 is 2.47 bits per heavy atom. The fourth-order valence-corrected chi connectivity index (χ4v) is 0.969. The highest BCUT2D eigenvalue weighted by Gasteiger charge is 2.31. The van der Waals surface area contributed by atoms with Crippen LogP contribution in [0.15, 0.2) is 23.2 Å². The Morgan fingerprint density at radius 2 is 2.00 bits per heavy atom. The number of carbonyl (C=O) groups excluding carboxylic acids is 1. The van der Waals surface area contributed by atoms with Crippen LogP contribution in [0.25, 0.3) is 0 Å². The molecule has 0 radical (unpaired) electrons. The van der Waals surface area contributed by atoms with Crippen molar-refractivity contribution in [2.75, 3.05) is 0 Å². The van der Waals surface area contributed by atoms with Gasteiger partial charge in [0.25, 0.3) is 0 Å². The Balaban J connectivity index is 3.03. The van der Waals surface area contributed by atoms with Gasteiger partial charge in [-0.15, -0.1) is 0 Å². The van der Waals surface area contributed by atoms with E-state index in [0.29, 0.717) is 6.07 Å². The van der Waals surface area contributed by atoms with Gasteiger partial charge in [0.05, 0.1) is 12.1 Å². The Labute approximate surface area is 82.2 Å². The molecule has 0 aromatic heterocycles. The number of hydrogen-bond donors (Lipinski definition) is 0. The molecule has 0 heterocycles. The lowest BCUT2D eigenvalue weighted by Gasteiger charge is -2.07. The van der Waals surface area contributed by atoms with Gasteiger partial charge in [-0.1, -0.05) is 6.07 Å². The van der Waals surface area contributed by atoms with Crippen LogP contribution in [0.1, 0.15) is 11.1 Å². The summed E-state index contributed by atoms with van der Waals surface area (Å²) in [7, 11) is 0. The molecule has 0 spiro atoms. The zero-order chi connectivity index (χ0) is 11.5. The summed E-state index contributed by atoms with van der Waals surface area (Å²) in [5, 5.41) is 0. The summed E-state index contributed by atoms with van der Waals surface area (Å²) < 4.78 is 49.3. The van der Waals surface area contributed by atoms with Crippen LogP contribution in [0.2, 0.25) is 0 Å². The van der Waals surface area contributed by atoms with Crippen molar-refractivity contribution < 1.29 is 22.4 Å². The monoisotopic (exact) mass is 219 g/mol. The molecule has 0 atom stereocenters. The molecular weight excluding hydrogens is 214 g/mol. The summed E-state index contributed by atoms with van der Waals surface area (Å²) in [6.07, 6.45) is -3.40. The fourth-order valence-electron chi connectivity index (χ4n) is 0.969. The second-order valence-corrected chi connectivity index (χ2v) is 2.71. The van der Waals surface area contributed by atoms with E-state index in [0.717, 1.165) is 12.1 Å². The number of isocyanates is 1. The average Bonchev–Trinajstić information content (AvgIpc) is 2.14. The normalized spacial score (nSPS) is 10.9. The summed E-state index contributed by atoms with van der Waals surface area (Å²) in [6.45, 7) is -0.312. The molecule has 80 valence electrons. The molecule has 0 saturated heterocycles. The summed E-state index contributed by atoms with van der Waals surface area (Å²) >= 11 is 0. The maximum Gasteiger partial charge on any atom is 0.416 e. The smallest absolute Gasteiger partial charge is 0.211 e. The van der Waals surface area contributed by atoms with Crippen LogP contribution in [0.3, 0.4) is 0 Å². The van der Waals surface area contributed by atoms with E-state index in [1.165, 1.54) is 6.08 Å². The minimum Gasteiger partial charge on any atom is -0.211 e. The molecule has 0 fully saturated rings. The third-order valence-corrected chi connectivity index (χ3v) is 1.69. The molecule has 0 bridgehead atoms. The van der Waals surface area contributed by atoms with Crippen LogP contribution in [-0.2, 0) is 17.5 Å². The molecule has 0 aliphatic heterocycles. The molecule has 6 heteroatoms. The van der Waals surface area contributed by atoms with E-state index in [4.69, 9.17) is 0 Å². The molecule has 1 rings (SSSR count). The van der Waals surface area contributed by atoms with E-state index in [-0.39, 0.29) is 12.1 Å². The van der Waals surface area contributed by atoms with Crippen molar-refractivity contribution in [1.29, 1.82) is 0 Å². The second-order valence-electron chi connectivity index (χ2n) is 2.71. The molecule has 0 amide bonds. The van der Waals surface area contributed by atoms with Crippen molar-refractivity contribution >= 4 is 6.08 Å². The first-order chi connectivity index (χ1) is 6.95. The molecule has 0 aliphatic rings. The first kappa shape index (κ1) is 11.4. The average molecular weight is 219 g/mol. The maximum atomic E-state index is 13.0. The maximum absolute atomic E-state index is 13.0. The van der Waals surface area contributed by atoms with Gasteiger partial charge < -0.3 is 0 Å². The van der Waals surface area contributed by atoms with Crippen molar-refractivity contribution in [2.45, 2.75) is 12.7 Å². The topological polar surface area (TPSA) is 29.4 Å². The minimum atomic E-state index is -4.58. The molecule has 2 nitrogen and oxygen atoms in total. The zero-order valence-corrected chi connectivity index (χ0v) is 7.31. The highest BCUT2D eigenvalue weighted by atomic mass is 19.4. The van der Waals surface area contributed by atoms with E-state index >= 15 is 0 Å². The van der Waals surface area contributed by atoms with Gasteiger partial charge in [-0.3, -0.25) is 0 Å². The SMILES string of the molecule is O=C=NCc1ccc(C(F)(F)F)cc1F. The third kappa shape index (κ3) is 2.89. The van der Waals surface area contributed by atoms with Crippen LogP contribution >= 0.6 is 0 Å². The molecule has 1 aromatic rings. The number of alkyl halides is 3. The Kier molecular flexibility index (Phi) is 3.21. The molecule has 1 aromatic carbocycles. The third-order valence-electron chi connectivity index (χ3n) is 1.69. The van der Waals surface area contributed by atoms with Crippen molar-refractivity contribution in [2.24, 2.45) is 4.99 Å². The van der Waals surface area contributed by atoms with Gasteiger partial charge in [0.1, 0.15) is 5.82 Å². The van der Waals surface area contributed by atoms with Crippen molar-refractivity contribution in [1.82, 2.24) is 0 Å². The summed E-state index contributed by atoms with van der Waals surface area (Å²) in [4.78, 5) is 12.8. The highest BCUT2D eigenvalue weighted by Crippen LogP contribution is 2.30. The number of aliphatic imine (C=N–C) groups is 1. The largest absolute Gasteiger partial charge is 0.416 e. The second kappa shape index (κ2) is 4.23. The standard InChI is InChI=1S/C9H5F4NO/c10-8-3-7(9(11,12)13)2-1-6(8)4-14-5-15/h1-3H,4H2. The minimum absolute atomic E-state index is 0.0775. The number of benzene rings is 1. The van der Waals surface area contributed by atoms with Gasteiger partial charge in [-0.2, -0.15) is 13.2 Å². The predicted octanol–water partition coefficient (Wildman–Crippen LogP) is 2.68. The van der Waals surface area contributed by atoms with Crippen LogP contribution < -0.4 is 0 Å². The fraction of sp³-hybridized carbons (Fsp3) is 0.222. The Morgan fingerprint density at radius 1 is 1.33 bits per heavy atom. The van der Waals surface area contributed by atoms with E-state index in [1.54, 1.807) is 0 Å². The number of halogens is 4. The summed E-state index contributed by atoms with van der Waals surface area (Å²) in [5.41, 5.74) is -1.15. The van der Waals surface area contributed by atoms with Gasteiger partial charge in [0.2, 0.25) is 6.08 Å². The van der Waals surface area contributed by atoms with Crippen LogP contribution in [0.4, 0.5) is 17.6 Å². The van der Waals surface area contributed by atoms with E-state index in [9.17, 15) is 22.4 Å². The zero-order valence-electron chi connectivity index (χ0n) is 7.31. The first-order valence-corrected chi connectivity index (χ1v) is 3.84. The summed E-state index contributed by atoms with van der Waals surface area (Å²) in [5.74, 6) is -1.04. The molecule has 0 N–H and O–H groups in total. The number of rotatable bonds is 2. The van der Waals surface area contributed by atoms with Crippen LogP contribution in [0, 0.1) is 5.82 Å². The van der Waals surface area contributed by atoms with E-state index in [1.807, 2.05) is 0 Å². The molecule has 15 heavy (non-hydrogen) atoms. The number of nitrogens with zero attached hydrogens (tertiary/aromatic N) is 1. The van der Waals surface area contributed by atoms with Gasteiger partial charge >= 0.3 is 6.18 Å². The molecule has 0 saturated carbocycles. The lowest BCUT2D eigenvalue weighted by atomic mass is 10.1. The molecule has 0 aliphatic carbocycles. The van der Waals surface area contributed by atoms with Crippen molar-refractivity contribution in [3.05, 3.63) is 35.1 Å². The van der Waals surface area contributed by atoms with E-state index < -0.39 is 17.6 Å². The highest BCUT2D eigenvalue weighted by molar-refractivity contribution is 5.34. The number of hydrogen-bond acceptors (Lipinski definition) is 2.